The van der Waals surface area contributed by atoms with Gasteiger partial charge in [-0.1, -0.05) is 18.2 Å². The van der Waals surface area contributed by atoms with Crippen LogP contribution in [0.25, 0.3) is 0 Å². The van der Waals surface area contributed by atoms with Crippen LogP contribution >= 0.6 is 0 Å². The van der Waals surface area contributed by atoms with Crippen molar-refractivity contribution in [1.82, 2.24) is 10.2 Å². The van der Waals surface area contributed by atoms with Gasteiger partial charge in [0.05, 0.1) is 12.5 Å². The van der Waals surface area contributed by atoms with Gasteiger partial charge in [-0.2, -0.15) is 0 Å². The summed E-state index contributed by atoms with van der Waals surface area (Å²) >= 11 is 0. The quantitative estimate of drug-likeness (QED) is 0.905. The second-order valence-corrected chi connectivity index (χ2v) is 5.84. The summed E-state index contributed by atoms with van der Waals surface area (Å²) in [6.07, 6.45) is 1.94. The van der Waals surface area contributed by atoms with E-state index in [-0.39, 0.29) is 35.9 Å². The lowest BCUT2D eigenvalue weighted by atomic mass is 9.91. The van der Waals surface area contributed by atoms with Crippen LogP contribution in [0.15, 0.2) is 24.3 Å². The first-order chi connectivity index (χ1) is 10.1. The zero-order valence-electron chi connectivity index (χ0n) is 11.8. The Bertz CT molecular complexity index is 561. The molecule has 5 heteroatoms. The number of nitrogens with zero attached hydrogens (tertiary/aromatic N) is 1. The van der Waals surface area contributed by atoms with Crippen molar-refractivity contribution in [3.63, 3.8) is 0 Å². The molecular formula is C16H19FN2O2. The lowest BCUT2D eigenvalue weighted by Gasteiger charge is -2.35. The van der Waals surface area contributed by atoms with Gasteiger partial charge in [0.2, 0.25) is 5.91 Å². The highest BCUT2D eigenvalue weighted by molar-refractivity contribution is 5.84. The molecule has 1 aromatic rings. The average molecular weight is 290 g/mol. The fourth-order valence-electron chi connectivity index (χ4n) is 3.37. The summed E-state index contributed by atoms with van der Waals surface area (Å²) in [6.45, 7) is 1.75. The molecule has 2 unspecified atom stereocenters. The average Bonchev–Trinajstić information content (AvgIpc) is 2.84. The molecule has 0 spiro atoms. The van der Waals surface area contributed by atoms with E-state index in [0.29, 0.717) is 18.7 Å². The van der Waals surface area contributed by atoms with Crippen molar-refractivity contribution < 1.29 is 14.0 Å². The molecule has 2 heterocycles. The molecule has 1 amide bonds. The minimum absolute atomic E-state index is 0.0000916. The third-order valence-corrected chi connectivity index (χ3v) is 4.44. The second kappa shape index (κ2) is 5.93. The number of halogens is 1. The van der Waals surface area contributed by atoms with Crippen LogP contribution in [0.2, 0.25) is 0 Å². The molecule has 2 atom stereocenters. The van der Waals surface area contributed by atoms with Crippen LogP contribution in [0.4, 0.5) is 4.39 Å². The Balaban J connectivity index is 1.62. The number of fused-ring (bicyclic) bond motifs is 1. The molecule has 112 valence electrons. The summed E-state index contributed by atoms with van der Waals surface area (Å²) in [6, 6.07) is 6.50. The van der Waals surface area contributed by atoms with Gasteiger partial charge in [0.15, 0.2) is 5.78 Å². The number of ketones is 1. The molecule has 2 aliphatic heterocycles. The molecule has 0 aliphatic carbocycles. The maximum absolute atomic E-state index is 13.6. The van der Waals surface area contributed by atoms with Gasteiger partial charge >= 0.3 is 0 Å². The highest BCUT2D eigenvalue weighted by Gasteiger charge is 2.40. The maximum Gasteiger partial charge on any atom is 0.224 e. The molecular weight excluding hydrogens is 271 g/mol. The topological polar surface area (TPSA) is 49.4 Å². The predicted octanol–water partition coefficient (Wildman–Crippen LogP) is 1.15. The molecule has 21 heavy (non-hydrogen) atoms. The van der Waals surface area contributed by atoms with Crippen molar-refractivity contribution in [2.24, 2.45) is 5.92 Å². The fourth-order valence-corrected chi connectivity index (χ4v) is 3.37. The Morgan fingerprint density at radius 3 is 3.00 bits per heavy atom. The van der Waals surface area contributed by atoms with Crippen LogP contribution in [0.5, 0.6) is 0 Å². The Morgan fingerprint density at radius 2 is 2.19 bits per heavy atom. The number of rotatable bonds is 4. The molecule has 0 saturated carbocycles. The largest absolute Gasteiger partial charge is 0.354 e. The van der Waals surface area contributed by atoms with Crippen molar-refractivity contribution >= 4 is 11.7 Å². The monoisotopic (exact) mass is 290 g/mol. The lowest BCUT2D eigenvalue weighted by molar-refractivity contribution is -0.126. The van der Waals surface area contributed by atoms with E-state index in [1.807, 2.05) is 0 Å². The Labute approximate surface area is 123 Å². The third kappa shape index (κ3) is 2.97. The van der Waals surface area contributed by atoms with E-state index in [2.05, 4.69) is 10.2 Å². The Kier molecular flexibility index (Phi) is 4.01. The van der Waals surface area contributed by atoms with Crippen molar-refractivity contribution in [1.29, 1.82) is 0 Å². The van der Waals surface area contributed by atoms with Crippen molar-refractivity contribution in [2.75, 3.05) is 19.6 Å². The molecule has 0 bridgehead atoms. The third-order valence-electron chi connectivity index (χ3n) is 4.44. The summed E-state index contributed by atoms with van der Waals surface area (Å²) < 4.78 is 13.6. The normalized spacial score (nSPS) is 25.5. The smallest absolute Gasteiger partial charge is 0.224 e. The number of nitrogens with one attached hydrogen (secondary N) is 1. The van der Waals surface area contributed by atoms with Crippen LogP contribution in [-0.2, 0) is 16.0 Å². The van der Waals surface area contributed by atoms with Gasteiger partial charge in [-0.25, -0.2) is 4.39 Å². The molecule has 2 aliphatic rings. The molecule has 0 aromatic heterocycles. The number of piperidine rings is 1. The summed E-state index contributed by atoms with van der Waals surface area (Å²) in [5.74, 6) is -0.216. The minimum atomic E-state index is -0.333. The van der Waals surface area contributed by atoms with Crippen molar-refractivity contribution in [3.8, 4) is 0 Å². The van der Waals surface area contributed by atoms with Gasteiger partial charge in [0.1, 0.15) is 5.82 Å². The van der Waals surface area contributed by atoms with Crippen LogP contribution in [0.1, 0.15) is 18.4 Å². The number of likely N-dealkylation sites (tertiary alicyclic amines) is 1. The van der Waals surface area contributed by atoms with Gasteiger partial charge in [0, 0.05) is 19.0 Å². The first-order valence-corrected chi connectivity index (χ1v) is 7.42. The zero-order valence-corrected chi connectivity index (χ0v) is 11.8. The number of Topliss-reactive ketones (excluding diaryl/α,β-unsaturated/α-hetero) is 1. The van der Waals surface area contributed by atoms with E-state index >= 15 is 0 Å². The van der Waals surface area contributed by atoms with Crippen LogP contribution in [0.3, 0.4) is 0 Å². The molecule has 1 N–H and O–H groups in total. The number of benzene rings is 1. The van der Waals surface area contributed by atoms with E-state index in [4.69, 9.17) is 0 Å². The lowest BCUT2D eigenvalue weighted by Crippen LogP contribution is -2.47. The predicted molar refractivity (Wildman–Crippen MR) is 76.2 cm³/mol. The summed E-state index contributed by atoms with van der Waals surface area (Å²) in [7, 11) is 0. The fraction of sp³-hybridized carbons (Fsp3) is 0.500. The Hall–Kier alpha value is -1.75. The minimum Gasteiger partial charge on any atom is -0.354 e. The van der Waals surface area contributed by atoms with E-state index in [9.17, 15) is 14.0 Å². The summed E-state index contributed by atoms with van der Waals surface area (Å²) in [5, 5.41) is 2.87. The number of amides is 1. The number of hydrogen-bond donors (Lipinski definition) is 1. The second-order valence-electron chi connectivity index (χ2n) is 5.84. The van der Waals surface area contributed by atoms with Crippen LogP contribution in [-0.4, -0.2) is 42.3 Å². The van der Waals surface area contributed by atoms with Crippen molar-refractivity contribution in [3.05, 3.63) is 35.6 Å². The first-order valence-electron chi connectivity index (χ1n) is 7.42. The maximum atomic E-state index is 13.6. The molecule has 2 fully saturated rings. The van der Waals surface area contributed by atoms with Gasteiger partial charge in [-0.15, -0.1) is 0 Å². The van der Waals surface area contributed by atoms with Gasteiger partial charge in [-0.05, 0) is 31.0 Å². The van der Waals surface area contributed by atoms with Crippen LogP contribution in [0, 0.1) is 11.7 Å². The first kappa shape index (κ1) is 14.2. The summed E-state index contributed by atoms with van der Waals surface area (Å²) in [4.78, 5) is 26.0. The molecule has 1 aromatic carbocycles. The van der Waals surface area contributed by atoms with Crippen molar-refractivity contribution in [2.45, 2.75) is 25.3 Å². The zero-order chi connectivity index (χ0) is 14.8. The van der Waals surface area contributed by atoms with Gasteiger partial charge < -0.3 is 5.32 Å². The summed E-state index contributed by atoms with van der Waals surface area (Å²) in [5.41, 5.74) is 0.441. The molecule has 0 radical (unpaired) electrons. The molecule has 3 rings (SSSR count). The number of carbonyl (C=O) groups excluding carboxylic acids is 2. The van der Waals surface area contributed by atoms with Gasteiger partial charge in [0.25, 0.3) is 0 Å². The van der Waals surface area contributed by atoms with E-state index in [0.717, 1.165) is 19.4 Å². The highest BCUT2D eigenvalue weighted by atomic mass is 19.1. The van der Waals surface area contributed by atoms with E-state index in [1.165, 1.54) is 6.07 Å². The SMILES string of the molecule is O=C(Cc1ccccc1F)CN1CCCC2C(=O)NCC21. The molecule has 2 saturated heterocycles. The standard InChI is InChI=1S/C16H19FN2O2/c17-14-6-2-1-4-11(14)8-12(20)10-19-7-3-5-13-15(19)9-18-16(13)21/h1-2,4,6,13,15H,3,5,7-10H2,(H,18,21). The number of carbonyl (C=O) groups is 2. The van der Waals surface area contributed by atoms with Crippen LogP contribution < -0.4 is 5.32 Å². The number of hydrogen-bond acceptors (Lipinski definition) is 3. The van der Waals surface area contributed by atoms with E-state index < -0.39 is 0 Å². The van der Waals surface area contributed by atoms with Gasteiger partial charge in [-0.3, -0.25) is 14.5 Å². The Morgan fingerprint density at radius 1 is 1.38 bits per heavy atom. The molecule has 4 nitrogen and oxygen atoms in total. The van der Waals surface area contributed by atoms with E-state index in [1.54, 1.807) is 18.2 Å². The highest BCUT2D eigenvalue weighted by Crippen LogP contribution is 2.27.